The van der Waals surface area contributed by atoms with E-state index in [1.165, 1.54) is 0 Å². The molecule has 0 atom stereocenters. The molecule has 0 saturated carbocycles. The Morgan fingerprint density at radius 2 is 1.78 bits per heavy atom. The third-order valence-electron chi connectivity index (χ3n) is 6.40. The monoisotopic (exact) mass is 371 g/mol. The number of carbonyl (C=O) groups excluding carboxylic acids is 2. The van der Waals surface area contributed by atoms with Crippen molar-refractivity contribution in [3.63, 3.8) is 0 Å². The molecule has 6 nitrogen and oxygen atoms in total. The van der Waals surface area contributed by atoms with Crippen molar-refractivity contribution in [1.29, 1.82) is 0 Å². The van der Waals surface area contributed by atoms with E-state index in [4.69, 9.17) is 5.11 Å². The van der Waals surface area contributed by atoms with Crippen molar-refractivity contribution >= 4 is 11.7 Å². The van der Waals surface area contributed by atoms with Crippen molar-refractivity contribution in [2.24, 2.45) is 0 Å². The van der Waals surface area contributed by atoms with Crippen molar-refractivity contribution in [3.05, 3.63) is 34.9 Å². The van der Waals surface area contributed by atoms with Gasteiger partial charge in [0.05, 0.1) is 6.61 Å². The Labute approximate surface area is 160 Å². The third kappa shape index (κ3) is 3.79. The van der Waals surface area contributed by atoms with Crippen LogP contribution in [-0.4, -0.2) is 90.0 Å². The van der Waals surface area contributed by atoms with Gasteiger partial charge < -0.3 is 10.0 Å². The number of amides is 1. The van der Waals surface area contributed by atoms with E-state index in [1.807, 2.05) is 23.1 Å². The number of benzene rings is 1. The molecule has 0 radical (unpaired) electrons. The fourth-order valence-electron chi connectivity index (χ4n) is 4.79. The van der Waals surface area contributed by atoms with Crippen LogP contribution >= 0.6 is 0 Å². The summed E-state index contributed by atoms with van der Waals surface area (Å²) in [7, 11) is 0. The van der Waals surface area contributed by atoms with Gasteiger partial charge in [-0.25, -0.2) is 0 Å². The zero-order valence-electron chi connectivity index (χ0n) is 15.9. The van der Waals surface area contributed by atoms with E-state index >= 15 is 0 Å². The Balaban J connectivity index is 1.34. The van der Waals surface area contributed by atoms with E-state index in [0.29, 0.717) is 18.9 Å². The number of likely N-dealkylation sites (tertiary alicyclic amines) is 1. The number of nitrogens with zero attached hydrogens (tertiary/aromatic N) is 3. The molecule has 3 aliphatic rings. The highest BCUT2D eigenvalue weighted by atomic mass is 16.3. The maximum absolute atomic E-state index is 13.0. The van der Waals surface area contributed by atoms with Gasteiger partial charge in [-0.15, -0.1) is 0 Å². The van der Waals surface area contributed by atoms with E-state index in [9.17, 15) is 9.59 Å². The molecule has 2 fully saturated rings. The second-order valence-corrected chi connectivity index (χ2v) is 7.88. The zero-order chi connectivity index (χ0) is 18.8. The standard InChI is InChI=1S/C21H29N3O3/c25-15-14-22-10-12-23(13-11-22)16-6-8-24(9-7-16)21(27)19-3-1-2-18-17(19)4-5-20(18)26/h1-3,16,25H,4-15H2. The van der Waals surface area contributed by atoms with Crippen LogP contribution in [-0.2, 0) is 6.42 Å². The lowest BCUT2D eigenvalue weighted by Crippen LogP contribution is -2.54. The van der Waals surface area contributed by atoms with Gasteiger partial charge in [0.1, 0.15) is 0 Å². The van der Waals surface area contributed by atoms with Crippen LogP contribution < -0.4 is 0 Å². The van der Waals surface area contributed by atoms with Crippen LogP contribution in [0.3, 0.4) is 0 Å². The van der Waals surface area contributed by atoms with Gasteiger partial charge in [0.2, 0.25) is 0 Å². The minimum Gasteiger partial charge on any atom is -0.395 e. The number of hydrogen-bond donors (Lipinski definition) is 1. The first-order valence-corrected chi connectivity index (χ1v) is 10.2. The van der Waals surface area contributed by atoms with Gasteiger partial charge in [0.25, 0.3) is 5.91 Å². The largest absolute Gasteiger partial charge is 0.395 e. The summed E-state index contributed by atoms with van der Waals surface area (Å²) in [6.07, 6.45) is 3.26. The minimum atomic E-state index is 0.0905. The first kappa shape index (κ1) is 18.6. The Hall–Kier alpha value is -1.76. The molecular formula is C21H29N3O3. The summed E-state index contributed by atoms with van der Waals surface area (Å²) in [5, 5.41) is 9.07. The highest BCUT2D eigenvalue weighted by molar-refractivity contribution is 6.05. The summed E-state index contributed by atoms with van der Waals surface area (Å²) in [6.45, 7) is 6.71. The number of fused-ring (bicyclic) bond motifs is 1. The quantitative estimate of drug-likeness (QED) is 0.857. The summed E-state index contributed by atoms with van der Waals surface area (Å²) >= 11 is 0. The second-order valence-electron chi connectivity index (χ2n) is 7.88. The number of piperidine rings is 1. The Morgan fingerprint density at radius 1 is 1.04 bits per heavy atom. The van der Waals surface area contributed by atoms with Crippen LogP contribution in [0.2, 0.25) is 0 Å². The molecule has 1 aliphatic carbocycles. The van der Waals surface area contributed by atoms with Gasteiger partial charge in [-0.3, -0.25) is 19.4 Å². The molecule has 0 spiro atoms. The number of β-amino-alcohol motifs (C(OH)–C–C–N with tert-alkyl or cyclic N) is 1. The fraction of sp³-hybridized carbons (Fsp3) is 0.619. The van der Waals surface area contributed by atoms with Crippen molar-refractivity contribution in [2.45, 2.75) is 31.7 Å². The molecule has 2 heterocycles. The molecule has 1 N–H and O–H groups in total. The van der Waals surface area contributed by atoms with Crippen molar-refractivity contribution in [1.82, 2.24) is 14.7 Å². The molecule has 0 bridgehead atoms. The van der Waals surface area contributed by atoms with Crippen LogP contribution in [0.1, 0.15) is 45.5 Å². The SMILES string of the molecule is O=C1CCc2c1cccc2C(=O)N1CCC(N2CCN(CCO)CC2)CC1. The summed E-state index contributed by atoms with van der Waals surface area (Å²) in [6, 6.07) is 6.12. The van der Waals surface area contributed by atoms with E-state index in [1.54, 1.807) is 0 Å². The van der Waals surface area contributed by atoms with E-state index in [-0.39, 0.29) is 18.3 Å². The minimum absolute atomic E-state index is 0.0905. The average Bonchev–Trinajstić information content (AvgIpc) is 3.10. The highest BCUT2D eigenvalue weighted by Gasteiger charge is 2.31. The first-order chi connectivity index (χ1) is 13.2. The number of piperazine rings is 1. The second kappa shape index (κ2) is 8.09. The van der Waals surface area contributed by atoms with Gasteiger partial charge in [-0.05, 0) is 30.9 Å². The first-order valence-electron chi connectivity index (χ1n) is 10.2. The number of Topliss-reactive ketones (excluding diaryl/α,β-unsaturated/α-hetero) is 1. The molecule has 2 aliphatic heterocycles. The number of hydrogen-bond acceptors (Lipinski definition) is 5. The van der Waals surface area contributed by atoms with Crippen LogP contribution in [0.5, 0.6) is 0 Å². The number of ketones is 1. The smallest absolute Gasteiger partial charge is 0.254 e. The zero-order valence-corrected chi connectivity index (χ0v) is 15.9. The molecule has 6 heteroatoms. The van der Waals surface area contributed by atoms with Crippen molar-refractivity contribution in [2.75, 3.05) is 52.4 Å². The predicted octanol–water partition coefficient (Wildman–Crippen LogP) is 1.03. The molecule has 146 valence electrons. The maximum Gasteiger partial charge on any atom is 0.254 e. The van der Waals surface area contributed by atoms with Crippen LogP contribution in [0, 0.1) is 0 Å². The predicted molar refractivity (Wildman–Crippen MR) is 103 cm³/mol. The molecule has 2 saturated heterocycles. The third-order valence-corrected chi connectivity index (χ3v) is 6.40. The van der Waals surface area contributed by atoms with Crippen molar-refractivity contribution < 1.29 is 14.7 Å². The number of aliphatic hydroxyl groups excluding tert-OH is 1. The van der Waals surface area contributed by atoms with Crippen LogP contribution in [0.25, 0.3) is 0 Å². The summed E-state index contributed by atoms with van der Waals surface area (Å²) in [4.78, 5) is 31.8. The van der Waals surface area contributed by atoms with Gasteiger partial charge in [0, 0.05) is 69.4 Å². The Bertz CT molecular complexity index is 705. The maximum atomic E-state index is 13.0. The molecule has 0 unspecified atom stereocenters. The highest BCUT2D eigenvalue weighted by Crippen LogP contribution is 2.27. The molecule has 1 amide bonds. The fourth-order valence-corrected chi connectivity index (χ4v) is 4.79. The Morgan fingerprint density at radius 3 is 2.48 bits per heavy atom. The van der Waals surface area contributed by atoms with Crippen LogP contribution in [0.4, 0.5) is 0 Å². The Kier molecular flexibility index (Phi) is 5.57. The summed E-state index contributed by atoms with van der Waals surface area (Å²) in [5.41, 5.74) is 2.43. The van der Waals surface area contributed by atoms with Gasteiger partial charge in [-0.2, -0.15) is 0 Å². The normalized spacial score (nSPS) is 22.3. The lowest BCUT2D eigenvalue weighted by atomic mass is 9.98. The van der Waals surface area contributed by atoms with Gasteiger partial charge in [0.15, 0.2) is 5.78 Å². The van der Waals surface area contributed by atoms with E-state index in [2.05, 4.69) is 9.80 Å². The lowest BCUT2D eigenvalue weighted by Gasteiger charge is -2.42. The van der Waals surface area contributed by atoms with Gasteiger partial charge >= 0.3 is 0 Å². The summed E-state index contributed by atoms with van der Waals surface area (Å²) < 4.78 is 0. The molecule has 1 aromatic rings. The molecular weight excluding hydrogens is 342 g/mol. The number of carbonyl (C=O) groups is 2. The summed E-state index contributed by atoms with van der Waals surface area (Å²) in [5.74, 6) is 0.256. The topological polar surface area (TPSA) is 64.1 Å². The van der Waals surface area contributed by atoms with E-state index in [0.717, 1.165) is 75.3 Å². The van der Waals surface area contributed by atoms with Crippen molar-refractivity contribution in [3.8, 4) is 0 Å². The van der Waals surface area contributed by atoms with E-state index < -0.39 is 0 Å². The molecule has 4 rings (SSSR count). The molecule has 0 aromatic heterocycles. The lowest BCUT2D eigenvalue weighted by molar-refractivity contribution is 0.0451. The number of aliphatic hydroxyl groups is 1. The van der Waals surface area contributed by atoms with Crippen LogP contribution in [0.15, 0.2) is 18.2 Å². The molecule has 27 heavy (non-hydrogen) atoms. The number of rotatable bonds is 4. The van der Waals surface area contributed by atoms with Gasteiger partial charge in [-0.1, -0.05) is 12.1 Å². The average molecular weight is 371 g/mol. The molecule has 1 aromatic carbocycles.